The van der Waals surface area contributed by atoms with Crippen LogP contribution in [0, 0.1) is 0 Å². The lowest BCUT2D eigenvalue weighted by Crippen LogP contribution is -2.42. The maximum absolute atomic E-state index is 12.0. The molecule has 114 valence electrons. The van der Waals surface area contributed by atoms with Crippen molar-refractivity contribution in [3.05, 3.63) is 24.3 Å². The fourth-order valence-electron chi connectivity index (χ4n) is 2.22. The number of nitrogens with zero attached hydrogens (tertiary/aromatic N) is 1. The number of aliphatic hydroxyl groups excluding tert-OH is 1. The summed E-state index contributed by atoms with van der Waals surface area (Å²) in [4.78, 5) is 24.2. The summed E-state index contributed by atoms with van der Waals surface area (Å²) >= 11 is 0. The Morgan fingerprint density at radius 3 is 2.48 bits per heavy atom. The minimum atomic E-state index is -1.12. The molecule has 0 saturated carbocycles. The molecular weight excluding hydrogens is 278 g/mol. The molecule has 21 heavy (non-hydrogen) atoms. The highest BCUT2D eigenvalue weighted by Gasteiger charge is 2.38. The lowest BCUT2D eigenvalue weighted by molar-refractivity contribution is -0.148. The van der Waals surface area contributed by atoms with Crippen LogP contribution in [-0.4, -0.2) is 59.4 Å². The second kappa shape index (κ2) is 6.45. The van der Waals surface area contributed by atoms with Crippen molar-refractivity contribution >= 4 is 11.9 Å². The van der Waals surface area contributed by atoms with Crippen LogP contribution in [0.25, 0.3) is 0 Å². The maximum atomic E-state index is 12.0. The summed E-state index contributed by atoms with van der Waals surface area (Å²) in [6, 6.07) is 5.70. The third-order valence-electron chi connectivity index (χ3n) is 3.31. The number of amides is 1. The van der Waals surface area contributed by atoms with E-state index >= 15 is 0 Å². The minimum Gasteiger partial charge on any atom is -0.497 e. The van der Waals surface area contributed by atoms with E-state index in [1.165, 1.54) is 0 Å². The first-order valence-corrected chi connectivity index (χ1v) is 6.48. The molecule has 0 bridgehead atoms. The van der Waals surface area contributed by atoms with Gasteiger partial charge in [0.15, 0.2) is 6.61 Å². The number of carboxylic acids is 1. The van der Waals surface area contributed by atoms with Gasteiger partial charge >= 0.3 is 5.97 Å². The minimum absolute atomic E-state index is 0.0156. The van der Waals surface area contributed by atoms with Crippen LogP contribution in [0.3, 0.4) is 0 Å². The van der Waals surface area contributed by atoms with Crippen LogP contribution in [-0.2, 0) is 9.59 Å². The molecule has 7 nitrogen and oxygen atoms in total. The van der Waals surface area contributed by atoms with E-state index in [1.807, 2.05) is 0 Å². The van der Waals surface area contributed by atoms with Gasteiger partial charge in [0.05, 0.1) is 13.2 Å². The Labute approximate surface area is 121 Å². The van der Waals surface area contributed by atoms with E-state index in [0.29, 0.717) is 11.5 Å². The second-order valence-electron chi connectivity index (χ2n) is 4.75. The highest BCUT2D eigenvalue weighted by atomic mass is 16.5. The maximum Gasteiger partial charge on any atom is 0.326 e. The first kappa shape index (κ1) is 15.1. The number of aliphatic carboxylic acids is 1. The van der Waals surface area contributed by atoms with Gasteiger partial charge in [-0.15, -0.1) is 0 Å². The zero-order chi connectivity index (χ0) is 15.4. The third kappa shape index (κ3) is 3.63. The molecule has 1 heterocycles. The highest BCUT2D eigenvalue weighted by Crippen LogP contribution is 2.20. The van der Waals surface area contributed by atoms with Gasteiger partial charge in [-0.2, -0.15) is 0 Å². The lowest BCUT2D eigenvalue weighted by atomic mass is 10.2. The Hall–Kier alpha value is -2.28. The van der Waals surface area contributed by atoms with Gasteiger partial charge < -0.3 is 24.6 Å². The fourth-order valence-corrected chi connectivity index (χ4v) is 2.22. The molecule has 1 amide bonds. The van der Waals surface area contributed by atoms with Gasteiger partial charge in [-0.05, 0) is 24.3 Å². The molecule has 1 fully saturated rings. The monoisotopic (exact) mass is 295 g/mol. The van der Waals surface area contributed by atoms with Crippen molar-refractivity contribution in [3.63, 3.8) is 0 Å². The Morgan fingerprint density at radius 1 is 1.29 bits per heavy atom. The standard InChI is InChI=1S/C14H17NO6/c1-20-10-2-4-11(5-3-10)21-8-13(17)15-7-9(16)6-12(15)14(18)19/h2-5,9,12,16H,6-8H2,1H3,(H,18,19)/t9-,12-/m0/s1. The van der Waals surface area contributed by atoms with Gasteiger partial charge in [-0.25, -0.2) is 4.79 Å². The molecule has 2 N–H and O–H groups in total. The van der Waals surface area contributed by atoms with E-state index in [1.54, 1.807) is 31.4 Å². The van der Waals surface area contributed by atoms with E-state index in [9.17, 15) is 14.7 Å². The summed E-state index contributed by atoms with van der Waals surface area (Å²) in [7, 11) is 1.55. The number of methoxy groups -OCH3 is 1. The van der Waals surface area contributed by atoms with Crippen LogP contribution in [0.15, 0.2) is 24.3 Å². The van der Waals surface area contributed by atoms with Gasteiger partial charge in [0.1, 0.15) is 17.5 Å². The number of rotatable bonds is 5. The first-order chi connectivity index (χ1) is 10.0. The zero-order valence-electron chi connectivity index (χ0n) is 11.6. The average Bonchev–Trinajstić information content (AvgIpc) is 2.87. The van der Waals surface area contributed by atoms with Crippen LogP contribution < -0.4 is 9.47 Å². The summed E-state index contributed by atoms with van der Waals surface area (Å²) < 4.78 is 10.3. The number of β-amino-alcohol motifs (C(OH)–C–C–N with tert-alkyl or cyclic N) is 1. The van der Waals surface area contributed by atoms with Crippen LogP contribution in [0.4, 0.5) is 0 Å². The molecule has 2 rings (SSSR count). The molecule has 7 heteroatoms. The molecule has 0 aliphatic carbocycles. The number of hydrogen-bond acceptors (Lipinski definition) is 5. The SMILES string of the molecule is COc1ccc(OCC(=O)N2C[C@@H](O)C[C@H]2C(=O)O)cc1. The number of carboxylic acid groups (broad SMARTS) is 1. The number of ether oxygens (including phenoxy) is 2. The largest absolute Gasteiger partial charge is 0.497 e. The van der Waals surface area contributed by atoms with Crippen LogP contribution >= 0.6 is 0 Å². The van der Waals surface area contributed by atoms with E-state index in [-0.39, 0.29) is 19.6 Å². The number of carbonyl (C=O) groups is 2. The molecule has 2 atom stereocenters. The topological polar surface area (TPSA) is 96.3 Å². The first-order valence-electron chi connectivity index (χ1n) is 6.48. The summed E-state index contributed by atoms with van der Waals surface area (Å²) in [5.74, 6) is -0.433. The molecule has 1 aromatic carbocycles. The molecule has 1 saturated heterocycles. The van der Waals surface area contributed by atoms with Crippen LogP contribution in [0.1, 0.15) is 6.42 Å². The predicted octanol–water partition coefficient (Wildman–Crippen LogP) is 0.120. The van der Waals surface area contributed by atoms with Gasteiger partial charge in [0, 0.05) is 13.0 Å². The normalized spacial score (nSPS) is 21.1. The Balaban J connectivity index is 1.92. The van der Waals surface area contributed by atoms with E-state index in [2.05, 4.69) is 0 Å². The van der Waals surface area contributed by atoms with Gasteiger partial charge in [-0.3, -0.25) is 4.79 Å². The van der Waals surface area contributed by atoms with Crippen molar-refractivity contribution in [1.29, 1.82) is 0 Å². The zero-order valence-corrected chi connectivity index (χ0v) is 11.6. The number of likely N-dealkylation sites (tertiary alicyclic amines) is 1. The number of aliphatic hydroxyl groups is 1. The summed E-state index contributed by atoms with van der Waals surface area (Å²) in [5.41, 5.74) is 0. The molecule has 1 aromatic rings. The van der Waals surface area contributed by atoms with Crippen molar-refractivity contribution in [2.24, 2.45) is 0 Å². The number of hydrogen-bond donors (Lipinski definition) is 2. The van der Waals surface area contributed by atoms with Crippen molar-refractivity contribution < 1.29 is 29.3 Å². The molecule has 0 radical (unpaired) electrons. The second-order valence-corrected chi connectivity index (χ2v) is 4.75. The number of benzene rings is 1. The van der Waals surface area contributed by atoms with E-state index in [0.717, 1.165) is 4.90 Å². The van der Waals surface area contributed by atoms with Crippen molar-refractivity contribution in [2.45, 2.75) is 18.6 Å². The molecule has 1 aliphatic heterocycles. The van der Waals surface area contributed by atoms with Crippen molar-refractivity contribution in [3.8, 4) is 11.5 Å². The number of carbonyl (C=O) groups excluding carboxylic acids is 1. The lowest BCUT2D eigenvalue weighted by Gasteiger charge is -2.21. The Kier molecular flexibility index (Phi) is 4.64. The molecule has 0 aromatic heterocycles. The van der Waals surface area contributed by atoms with Gasteiger partial charge in [0.2, 0.25) is 0 Å². The Bertz CT molecular complexity index is 515. The predicted molar refractivity (Wildman–Crippen MR) is 72.2 cm³/mol. The van der Waals surface area contributed by atoms with Crippen LogP contribution in [0.5, 0.6) is 11.5 Å². The molecular formula is C14H17NO6. The van der Waals surface area contributed by atoms with Crippen molar-refractivity contribution in [1.82, 2.24) is 4.90 Å². The third-order valence-corrected chi connectivity index (χ3v) is 3.31. The van der Waals surface area contributed by atoms with Gasteiger partial charge in [0.25, 0.3) is 5.91 Å². The molecule has 1 aliphatic rings. The summed E-state index contributed by atoms with van der Waals surface area (Å²) in [6.45, 7) is -0.259. The Morgan fingerprint density at radius 2 is 1.90 bits per heavy atom. The van der Waals surface area contributed by atoms with E-state index < -0.39 is 24.0 Å². The van der Waals surface area contributed by atoms with Crippen LogP contribution in [0.2, 0.25) is 0 Å². The quantitative estimate of drug-likeness (QED) is 0.801. The smallest absolute Gasteiger partial charge is 0.326 e. The average molecular weight is 295 g/mol. The fraction of sp³-hybridized carbons (Fsp3) is 0.429. The van der Waals surface area contributed by atoms with Gasteiger partial charge in [-0.1, -0.05) is 0 Å². The molecule has 0 spiro atoms. The molecule has 0 unspecified atom stereocenters. The van der Waals surface area contributed by atoms with Crippen molar-refractivity contribution in [2.75, 3.05) is 20.3 Å². The summed E-state index contributed by atoms with van der Waals surface area (Å²) in [6.07, 6.45) is -0.764. The highest BCUT2D eigenvalue weighted by molar-refractivity contribution is 5.85. The van der Waals surface area contributed by atoms with E-state index in [4.69, 9.17) is 14.6 Å². The summed E-state index contributed by atoms with van der Waals surface area (Å²) in [5, 5.41) is 18.5.